The lowest BCUT2D eigenvalue weighted by Crippen LogP contribution is -2.17. The van der Waals surface area contributed by atoms with Crippen molar-refractivity contribution in [3.05, 3.63) is 83.4 Å². The van der Waals surface area contributed by atoms with Gasteiger partial charge in [-0.1, -0.05) is 102 Å². The number of benzene rings is 3. The maximum Gasteiger partial charge on any atom is 0.132 e. The van der Waals surface area contributed by atoms with Crippen molar-refractivity contribution < 1.29 is 5.11 Å². The SMILES string of the molecule is CC(C)(C)c1cccc(C(C)(C)C)c1N=Cc1cccc(-c2ccccc2)c1O. The molecule has 0 heterocycles. The van der Waals surface area contributed by atoms with Crippen LogP contribution in [0.25, 0.3) is 11.1 Å². The van der Waals surface area contributed by atoms with Crippen molar-refractivity contribution in [2.75, 3.05) is 0 Å². The van der Waals surface area contributed by atoms with Crippen LogP contribution in [0.3, 0.4) is 0 Å². The van der Waals surface area contributed by atoms with E-state index >= 15 is 0 Å². The standard InChI is InChI=1S/C27H31NO/c1-26(2,3)22-16-11-17-23(27(4,5)6)24(22)28-18-20-14-10-15-21(25(20)29)19-12-8-7-9-13-19/h7-18,29H,1-6H3. The van der Waals surface area contributed by atoms with Crippen molar-refractivity contribution in [3.8, 4) is 16.9 Å². The molecule has 0 saturated heterocycles. The van der Waals surface area contributed by atoms with E-state index in [1.807, 2.05) is 48.5 Å². The molecule has 150 valence electrons. The van der Waals surface area contributed by atoms with E-state index in [4.69, 9.17) is 4.99 Å². The Morgan fingerprint density at radius 3 is 1.79 bits per heavy atom. The Morgan fingerprint density at radius 1 is 0.690 bits per heavy atom. The number of para-hydroxylation sites is 2. The fraction of sp³-hybridized carbons (Fsp3) is 0.296. The van der Waals surface area contributed by atoms with E-state index in [0.29, 0.717) is 0 Å². The molecule has 0 bridgehead atoms. The van der Waals surface area contributed by atoms with Crippen LogP contribution >= 0.6 is 0 Å². The maximum absolute atomic E-state index is 10.9. The van der Waals surface area contributed by atoms with Crippen LogP contribution in [0.15, 0.2) is 71.7 Å². The molecular weight excluding hydrogens is 354 g/mol. The second kappa shape index (κ2) is 7.87. The summed E-state index contributed by atoms with van der Waals surface area (Å²) in [5.41, 5.74) is 5.89. The van der Waals surface area contributed by atoms with E-state index in [9.17, 15) is 5.11 Å². The highest BCUT2D eigenvalue weighted by Gasteiger charge is 2.25. The largest absolute Gasteiger partial charge is 0.507 e. The summed E-state index contributed by atoms with van der Waals surface area (Å²) in [6.45, 7) is 13.3. The Bertz CT molecular complexity index is 986. The number of hydrogen-bond donors (Lipinski definition) is 1. The Morgan fingerprint density at radius 2 is 1.24 bits per heavy atom. The Balaban J connectivity index is 2.12. The normalized spacial score (nSPS) is 12.5. The highest BCUT2D eigenvalue weighted by molar-refractivity contribution is 5.90. The molecule has 0 aliphatic heterocycles. The topological polar surface area (TPSA) is 32.6 Å². The van der Waals surface area contributed by atoms with Crippen LogP contribution in [-0.4, -0.2) is 11.3 Å². The van der Waals surface area contributed by atoms with Gasteiger partial charge in [-0.25, -0.2) is 0 Å². The van der Waals surface area contributed by atoms with Gasteiger partial charge in [0.15, 0.2) is 0 Å². The van der Waals surface area contributed by atoms with Crippen molar-refractivity contribution in [2.45, 2.75) is 52.4 Å². The first-order valence-corrected chi connectivity index (χ1v) is 10.1. The van der Waals surface area contributed by atoms with Crippen LogP contribution in [0.2, 0.25) is 0 Å². The molecule has 3 aromatic carbocycles. The van der Waals surface area contributed by atoms with Gasteiger partial charge in [0.05, 0.1) is 5.69 Å². The van der Waals surface area contributed by atoms with Gasteiger partial charge in [0, 0.05) is 17.3 Å². The van der Waals surface area contributed by atoms with Crippen LogP contribution in [0.5, 0.6) is 5.75 Å². The quantitative estimate of drug-likeness (QED) is 0.468. The second-order valence-electron chi connectivity index (χ2n) is 9.57. The van der Waals surface area contributed by atoms with E-state index in [1.54, 1.807) is 6.21 Å². The zero-order valence-electron chi connectivity index (χ0n) is 18.3. The summed E-state index contributed by atoms with van der Waals surface area (Å²) in [5.74, 6) is 0.257. The third-order valence-corrected chi connectivity index (χ3v) is 5.14. The summed E-state index contributed by atoms with van der Waals surface area (Å²) < 4.78 is 0. The summed E-state index contributed by atoms with van der Waals surface area (Å²) in [6.07, 6.45) is 1.79. The monoisotopic (exact) mass is 385 g/mol. The molecule has 0 amide bonds. The van der Waals surface area contributed by atoms with E-state index in [-0.39, 0.29) is 16.6 Å². The number of aromatic hydroxyl groups is 1. The fourth-order valence-corrected chi connectivity index (χ4v) is 3.54. The van der Waals surface area contributed by atoms with Gasteiger partial charge in [0.25, 0.3) is 0 Å². The lowest BCUT2D eigenvalue weighted by Gasteiger charge is -2.28. The maximum atomic E-state index is 10.9. The summed E-state index contributed by atoms with van der Waals surface area (Å²) in [5, 5.41) is 10.9. The van der Waals surface area contributed by atoms with Crippen molar-refractivity contribution in [1.82, 2.24) is 0 Å². The molecule has 0 spiro atoms. The van der Waals surface area contributed by atoms with Gasteiger partial charge in [0.1, 0.15) is 5.75 Å². The van der Waals surface area contributed by atoms with Crippen LogP contribution in [-0.2, 0) is 10.8 Å². The molecule has 3 aromatic rings. The van der Waals surface area contributed by atoms with Crippen LogP contribution in [0, 0.1) is 0 Å². The zero-order chi connectivity index (χ0) is 21.2. The van der Waals surface area contributed by atoms with E-state index in [1.165, 1.54) is 11.1 Å². The third kappa shape index (κ3) is 4.59. The minimum Gasteiger partial charge on any atom is -0.507 e. The molecular formula is C27H31NO. The molecule has 3 rings (SSSR count). The van der Waals surface area contributed by atoms with E-state index in [0.717, 1.165) is 22.4 Å². The lowest BCUT2D eigenvalue weighted by atomic mass is 9.79. The van der Waals surface area contributed by atoms with Crippen molar-refractivity contribution in [2.24, 2.45) is 4.99 Å². The average Bonchev–Trinajstić information content (AvgIpc) is 2.66. The third-order valence-electron chi connectivity index (χ3n) is 5.14. The zero-order valence-corrected chi connectivity index (χ0v) is 18.3. The fourth-order valence-electron chi connectivity index (χ4n) is 3.54. The Kier molecular flexibility index (Phi) is 5.66. The first-order valence-electron chi connectivity index (χ1n) is 10.1. The number of phenolic OH excluding ortho intramolecular Hbond substituents is 1. The van der Waals surface area contributed by atoms with Gasteiger partial charge in [-0.05, 0) is 33.6 Å². The minimum atomic E-state index is -0.0259. The van der Waals surface area contributed by atoms with E-state index in [2.05, 4.69) is 59.7 Å². The molecule has 0 atom stereocenters. The summed E-state index contributed by atoms with van der Waals surface area (Å²) >= 11 is 0. The van der Waals surface area contributed by atoms with Gasteiger partial charge in [-0.15, -0.1) is 0 Å². The molecule has 0 unspecified atom stereocenters. The molecule has 2 heteroatoms. The predicted molar refractivity (Wildman–Crippen MR) is 125 cm³/mol. The van der Waals surface area contributed by atoms with Crippen LogP contribution < -0.4 is 0 Å². The molecule has 0 aliphatic rings. The number of nitrogens with zero attached hydrogens (tertiary/aromatic N) is 1. The summed E-state index contributed by atoms with van der Waals surface area (Å²) in [4.78, 5) is 4.92. The number of rotatable bonds is 3. The van der Waals surface area contributed by atoms with Crippen LogP contribution in [0.1, 0.15) is 58.2 Å². The number of phenols is 1. The summed E-state index contributed by atoms with van der Waals surface area (Å²) in [6, 6.07) is 22.2. The van der Waals surface area contributed by atoms with Gasteiger partial charge < -0.3 is 5.11 Å². The predicted octanol–water partition coefficient (Wildman–Crippen LogP) is 7.40. The van der Waals surface area contributed by atoms with Crippen LogP contribution in [0.4, 0.5) is 5.69 Å². The lowest BCUT2D eigenvalue weighted by molar-refractivity contribution is 0.476. The van der Waals surface area contributed by atoms with E-state index < -0.39 is 0 Å². The van der Waals surface area contributed by atoms with Crippen molar-refractivity contribution in [1.29, 1.82) is 0 Å². The molecule has 0 saturated carbocycles. The van der Waals surface area contributed by atoms with Gasteiger partial charge in [-0.3, -0.25) is 4.99 Å². The van der Waals surface area contributed by atoms with Crippen molar-refractivity contribution in [3.63, 3.8) is 0 Å². The minimum absolute atomic E-state index is 0.0259. The van der Waals surface area contributed by atoms with Crippen molar-refractivity contribution >= 4 is 11.9 Å². The molecule has 0 aromatic heterocycles. The Hall–Kier alpha value is -2.87. The van der Waals surface area contributed by atoms with Gasteiger partial charge in [-0.2, -0.15) is 0 Å². The molecule has 0 fully saturated rings. The summed E-state index contributed by atoms with van der Waals surface area (Å²) in [7, 11) is 0. The molecule has 29 heavy (non-hydrogen) atoms. The highest BCUT2D eigenvalue weighted by atomic mass is 16.3. The Labute approximate surface area is 175 Å². The smallest absolute Gasteiger partial charge is 0.132 e. The van der Waals surface area contributed by atoms with Gasteiger partial charge >= 0.3 is 0 Å². The molecule has 1 N–H and O–H groups in total. The average molecular weight is 386 g/mol. The van der Waals surface area contributed by atoms with Gasteiger partial charge in [0.2, 0.25) is 0 Å². The molecule has 0 radical (unpaired) electrons. The molecule has 0 aliphatic carbocycles. The molecule has 2 nitrogen and oxygen atoms in total. The number of hydrogen-bond acceptors (Lipinski definition) is 2. The first kappa shape index (κ1) is 20.9. The number of aliphatic imine (C=N–C) groups is 1. The first-order chi connectivity index (χ1) is 13.6. The highest BCUT2D eigenvalue weighted by Crippen LogP contribution is 2.40. The second-order valence-corrected chi connectivity index (χ2v) is 9.57.